The van der Waals surface area contributed by atoms with E-state index in [4.69, 9.17) is 29.5 Å². The highest BCUT2D eigenvalue weighted by atomic mass is 16.8. The molecule has 0 N–H and O–H groups in total. The molecule has 0 rings (SSSR count). The molecule has 0 unspecified atom stereocenters. The van der Waals surface area contributed by atoms with Crippen molar-refractivity contribution < 1.29 is 42.9 Å². The Bertz CT molecular complexity index is 635. The highest BCUT2D eigenvalue weighted by molar-refractivity contribution is 5.96. The second-order valence-corrected chi connectivity index (χ2v) is 5.43. The number of allylic oxidation sites excluding steroid dienone is 1. The Morgan fingerprint density at radius 1 is 0.788 bits per heavy atom. The molecule has 0 aliphatic carbocycles. The van der Waals surface area contributed by atoms with Crippen molar-refractivity contribution >= 4 is 23.5 Å². The summed E-state index contributed by atoms with van der Waals surface area (Å²) in [5, 5.41) is 16.1. The molecular weight excluding hydrogens is 436 g/mol. The predicted octanol–water partition coefficient (Wildman–Crippen LogP) is 2.98. The van der Waals surface area contributed by atoms with Crippen molar-refractivity contribution in [3.05, 3.63) is 11.8 Å². The summed E-state index contributed by atoms with van der Waals surface area (Å²) in [4.78, 5) is 40.0. The van der Waals surface area contributed by atoms with Gasteiger partial charge in [0, 0.05) is 33.7 Å². The Morgan fingerprint density at radius 3 is 1.36 bits per heavy atom. The molecule has 11 heteroatoms. The minimum Gasteiger partial charge on any atom is -0.500 e. The second kappa shape index (κ2) is 28.9. The van der Waals surface area contributed by atoms with Crippen molar-refractivity contribution in [2.24, 2.45) is 0 Å². The molecule has 0 bridgehead atoms. The summed E-state index contributed by atoms with van der Waals surface area (Å²) in [7, 11) is 0. The van der Waals surface area contributed by atoms with E-state index in [1.54, 1.807) is 19.1 Å². The first-order chi connectivity index (χ1) is 15.5. The minimum atomic E-state index is -0.562. The molecule has 0 aromatic heterocycles. The topological polar surface area (TPSA) is 162 Å². The van der Waals surface area contributed by atoms with Crippen LogP contribution in [0.25, 0.3) is 0 Å². The molecular formula is C22H36N2O9. The Kier molecular flexibility index (Phi) is 32.6. The molecule has 188 valence electrons. The Morgan fingerprint density at radius 2 is 1.21 bits per heavy atom. The van der Waals surface area contributed by atoms with Crippen LogP contribution in [0.5, 0.6) is 0 Å². The Hall–Kier alpha value is -3.12. The van der Waals surface area contributed by atoms with E-state index in [1.807, 2.05) is 20.8 Å². The van der Waals surface area contributed by atoms with Gasteiger partial charge in [0.15, 0.2) is 5.78 Å². The van der Waals surface area contributed by atoms with Crippen molar-refractivity contribution in [1.82, 2.24) is 0 Å². The van der Waals surface area contributed by atoms with Gasteiger partial charge >= 0.3 is 11.9 Å². The molecule has 0 atom stereocenters. The van der Waals surface area contributed by atoms with Gasteiger partial charge in [0.1, 0.15) is 23.7 Å². The molecule has 0 aliphatic heterocycles. The maximum Gasteiger partial charge on any atom is 0.310 e. The molecule has 0 amide bonds. The van der Waals surface area contributed by atoms with Gasteiger partial charge in [-0.15, -0.1) is 0 Å². The number of rotatable bonds is 10. The maximum atomic E-state index is 10.5. The van der Waals surface area contributed by atoms with E-state index in [9.17, 15) is 19.2 Å². The van der Waals surface area contributed by atoms with Gasteiger partial charge in [0.05, 0.1) is 19.1 Å². The third kappa shape index (κ3) is 39.9. The number of ketones is 2. The number of carbonyl (C=O) groups excluding carboxylic acids is 4. The second-order valence-electron chi connectivity index (χ2n) is 5.43. The zero-order valence-corrected chi connectivity index (χ0v) is 20.8. The van der Waals surface area contributed by atoms with E-state index in [0.717, 1.165) is 0 Å². The number of esters is 2. The highest BCUT2D eigenvalue weighted by Gasteiger charge is 2.04. The molecule has 0 spiro atoms. The van der Waals surface area contributed by atoms with Gasteiger partial charge in [0.25, 0.3) is 6.48 Å². The fourth-order valence-corrected chi connectivity index (χ4v) is 1.22. The zero-order valence-electron chi connectivity index (χ0n) is 20.8. The van der Waals surface area contributed by atoms with Crippen molar-refractivity contribution in [3.8, 4) is 12.1 Å². The smallest absolute Gasteiger partial charge is 0.310 e. The molecule has 0 aliphatic rings. The molecule has 0 radical (unpaired) electrons. The van der Waals surface area contributed by atoms with Gasteiger partial charge in [-0.2, -0.15) is 10.5 Å². The number of Topliss-reactive ketones (excluding diaryl/α,β-unsaturated/α-hetero) is 2. The first-order valence-electron chi connectivity index (χ1n) is 10.1. The Balaban J connectivity index is -0.000000174. The van der Waals surface area contributed by atoms with E-state index in [2.05, 4.69) is 4.74 Å². The van der Waals surface area contributed by atoms with Crippen LogP contribution in [0, 0.1) is 22.7 Å². The van der Waals surface area contributed by atoms with E-state index < -0.39 is 18.4 Å². The van der Waals surface area contributed by atoms with Crippen LogP contribution in [-0.2, 0) is 42.9 Å². The summed E-state index contributed by atoms with van der Waals surface area (Å²) in [6, 6.07) is 3.44. The van der Waals surface area contributed by atoms with Crippen molar-refractivity contribution in [2.45, 2.75) is 68.3 Å². The van der Waals surface area contributed by atoms with E-state index in [1.165, 1.54) is 34.0 Å². The quantitative estimate of drug-likeness (QED) is 0.115. The van der Waals surface area contributed by atoms with Crippen molar-refractivity contribution in [1.29, 1.82) is 10.5 Å². The third-order valence-corrected chi connectivity index (χ3v) is 2.39. The van der Waals surface area contributed by atoms with Gasteiger partial charge in [0.2, 0.25) is 0 Å². The summed E-state index contributed by atoms with van der Waals surface area (Å²) >= 11 is 0. The van der Waals surface area contributed by atoms with Gasteiger partial charge in [-0.1, -0.05) is 0 Å². The summed E-state index contributed by atoms with van der Waals surface area (Å²) in [6.45, 7) is 14.4. The van der Waals surface area contributed by atoms with Gasteiger partial charge in [-0.3, -0.25) is 19.2 Å². The van der Waals surface area contributed by atoms with Crippen LogP contribution in [0.1, 0.15) is 61.8 Å². The lowest BCUT2D eigenvalue weighted by Crippen LogP contribution is -2.20. The summed E-state index contributed by atoms with van der Waals surface area (Å²) in [6.07, 6.45) is 1.22. The lowest BCUT2D eigenvalue weighted by Gasteiger charge is -2.15. The van der Waals surface area contributed by atoms with Crippen LogP contribution in [-0.4, -0.2) is 56.4 Å². The average molecular weight is 473 g/mol. The number of hydrogen-bond donors (Lipinski definition) is 0. The van der Waals surface area contributed by atoms with Crippen LogP contribution >= 0.6 is 0 Å². The van der Waals surface area contributed by atoms with Crippen LogP contribution in [0.4, 0.5) is 0 Å². The van der Waals surface area contributed by atoms with Crippen LogP contribution < -0.4 is 0 Å². The summed E-state index contributed by atoms with van der Waals surface area (Å²) < 4.78 is 23.9. The lowest BCUT2D eigenvalue weighted by atomic mass is 10.2. The van der Waals surface area contributed by atoms with Crippen molar-refractivity contribution in [3.63, 3.8) is 0 Å². The summed E-state index contributed by atoms with van der Waals surface area (Å²) in [5.74, 6) is -1.46. The van der Waals surface area contributed by atoms with Gasteiger partial charge in [-0.05, 0) is 41.5 Å². The van der Waals surface area contributed by atoms with Gasteiger partial charge in [-0.25, -0.2) is 0 Å². The first kappa shape index (κ1) is 37.2. The molecule has 0 saturated heterocycles. The number of ether oxygens (including phenoxy) is 5. The molecule has 0 heterocycles. The van der Waals surface area contributed by atoms with Gasteiger partial charge < -0.3 is 23.7 Å². The molecule has 0 saturated carbocycles. The normalized spacial score (nSPS) is 9.24. The predicted molar refractivity (Wildman–Crippen MR) is 118 cm³/mol. The highest BCUT2D eigenvalue weighted by Crippen LogP contribution is 1.96. The maximum absolute atomic E-state index is 10.5. The molecule has 0 aromatic rings. The monoisotopic (exact) mass is 472 g/mol. The molecule has 33 heavy (non-hydrogen) atoms. The fourth-order valence-electron chi connectivity index (χ4n) is 1.22. The average Bonchev–Trinajstić information content (AvgIpc) is 2.69. The Labute approximate surface area is 196 Å². The first-order valence-corrected chi connectivity index (χ1v) is 10.1. The largest absolute Gasteiger partial charge is 0.500 e. The zero-order chi connectivity index (χ0) is 26.7. The van der Waals surface area contributed by atoms with Crippen molar-refractivity contribution in [2.75, 3.05) is 26.4 Å². The molecule has 0 fully saturated rings. The van der Waals surface area contributed by atoms with Crippen LogP contribution in [0.3, 0.4) is 0 Å². The lowest BCUT2D eigenvalue weighted by molar-refractivity contribution is -0.282. The number of nitrogens with zero attached hydrogens (tertiary/aromatic N) is 2. The SMILES string of the molecule is CC(=O)CC#N.CC(=O)OC(C)=O.CCO/C=C(/C#N)C(C)=O.CCOC(OCC)OCC. The molecule has 11 nitrogen and oxygen atoms in total. The van der Waals surface area contributed by atoms with Crippen LogP contribution in [0.15, 0.2) is 11.8 Å². The number of nitriles is 2. The third-order valence-electron chi connectivity index (χ3n) is 2.39. The van der Waals surface area contributed by atoms with Crippen LogP contribution in [0.2, 0.25) is 0 Å². The number of hydrogen-bond acceptors (Lipinski definition) is 11. The standard InChI is InChI=1S/C7H9NO2.C7H16O3.C4H5NO.C4H6O3/c1-3-10-5-7(4-8)6(2)9;1-4-8-7(9-5-2)10-6-3;1-4(6)2-3-5;1-3(5)7-4(2)6/h5H,3H2,1-2H3;7H,4-6H2,1-3H3;2H2,1H3;1-2H3/b7-5-;;;. The fraction of sp³-hybridized carbons (Fsp3) is 0.636. The number of carbonyl (C=O) groups is 4. The van der Waals surface area contributed by atoms with E-state index >= 15 is 0 Å². The minimum absolute atomic E-state index is 0.0417. The van der Waals surface area contributed by atoms with E-state index in [0.29, 0.717) is 26.4 Å². The molecule has 0 aromatic carbocycles. The summed E-state index contributed by atoms with van der Waals surface area (Å²) in [5.41, 5.74) is 0.0573. The van der Waals surface area contributed by atoms with E-state index in [-0.39, 0.29) is 23.6 Å².